The lowest BCUT2D eigenvalue weighted by Crippen LogP contribution is -2.40. The normalized spacial score (nSPS) is 37.9. The van der Waals surface area contributed by atoms with E-state index >= 15 is 0 Å². The Morgan fingerprint density at radius 2 is 1.61 bits per heavy atom. The predicted molar refractivity (Wildman–Crippen MR) is 100 cm³/mol. The van der Waals surface area contributed by atoms with Crippen LogP contribution in [0.15, 0.2) is 36.4 Å². The SMILES string of the molecule is O=C(c1cccc(N2C(=O)[C@@H]3[C@H]4C=C[C@H]([C@H]5C[C@H]45)[C@@H]3C2=O)c1)N1CCOCC1. The van der Waals surface area contributed by atoms with E-state index in [9.17, 15) is 14.4 Å². The van der Waals surface area contributed by atoms with Gasteiger partial charge in [0.1, 0.15) is 0 Å². The highest BCUT2D eigenvalue weighted by Crippen LogP contribution is 2.65. The van der Waals surface area contributed by atoms with Crippen LogP contribution in [-0.4, -0.2) is 48.9 Å². The molecule has 1 aromatic carbocycles. The Morgan fingerprint density at radius 1 is 0.964 bits per heavy atom. The van der Waals surface area contributed by atoms with Gasteiger partial charge in [0.05, 0.1) is 30.7 Å². The van der Waals surface area contributed by atoms with E-state index in [1.807, 2.05) is 0 Å². The van der Waals surface area contributed by atoms with Gasteiger partial charge in [-0.05, 0) is 48.3 Å². The minimum Gasteiger partial charge on any atom is -0.378 e. The molecule has 2 saturated carbocycles. The zero-order valence-corrected chi connectivity index (χ0v) is 15.5. The number of benzene rings is 1. The van der Waals surface area contributed by atoms with Gasteiger partial charge in [0, 0.05) is 18.7 Å². The molecule has 2 heterocycles. The molecule has 0 radical (unpaired) electrons. The number of carbonyl (C=O) groups excluding carboxylic acids is 3. The number of rotatable bonds is 2. The molecule has 3 amide bonds. The molecule has 4 aliphatic carbocycles. The first kappa shape index (κ1) is 16.5. The van der Waals surface area contributed by atoms with Crippen molar-refractivity contribution in [3.05, 3.63) is 42.0 Å². The molecule has 2 bridgehead atoms. The second-order valence-electron chi connectivity index (χ2n) is 8.62. The summed E-state index contributed by atoms with van der Waals surface area (Å²) in [5.74, 6) is 0.897. The lowest BCUT2D eigenvalue weighted by Gasteiger charge is -2.37. The first-order valence-electron chi connectivity index (χ1n) is 10.2. The Bertz CT molecular complexity index is 883. The van der Waals surface area contributed by atoms with Crippen LogP contribution in [0.4, 0.5) is 5.69 Å². The van der Waals surface area contributed by atoms with Gasteiger partial charge >= 0.3 is 0 Å². The number of amides is 3. The van der Waals surface area contributed by atoms with E-state index in [1.54, 1.807) is 29.2 Å². The van der Waals surface area contributed by atoms with Crippen molar-refractivity contribution in [2.24, 2.45) is 35.5 Å². The molecule has 144 valence electrons. The molecule has 4 fully saturated rings. The Balaban J connectivity index is 1.31. The van der Waals surface area contributed by atoms with Gasteiger partial charge in [-0.2, -0.15) is 0 Å². The van der Waals surface area contributed by atoms with Crippen molar-refractivity contribution in [3.8, 4) is 0 Å². The molecule has 6 atom stereocenters. The molecule has 6 aliphatic rings. The van der Waals surface area contributed by atoms with Gasteiger partial charge < -0.3 is 9.64 Å². The Labute approximate surface area is 163 Å². The molecule has 0 aromatic heterocycles. The van der Waals surface area contributed by atoms with Gasteiger partial charge in [-0.1, -0.05) is 18.2 Å². The third-order valence-electron chi connectivity index (χ3n) is 7.31. The lowest BCUT2D eigenvalue weighted by molar-refractivity contribution is -0.124. The first-order valence-corrected chi connectivity index (χ1v) is 10.2. The van der Waals surface area contributed by atoms with E-state index in [4.69, 9.17) is 4.74 Å². The molecule has 0 N–H and O–H groups in total. The molecule has 0 spiro atoms. The highest BCUT2D eigenvalue weighted by Gasteiger charge is 2.67. The monoisotopic (exact) mass is 378 g/mol. The number of hydrogen-bond donors (Lipinski definition) is 0. The average Bonchev–Trinajstić information content (AvgIpc) is 3.52. The number of carbonyl (C=O) groups is 3. The number of imide groups is 1. The van der Waals surface area contributed by atoms with Crippen LogP contribution in [-0.2, 0) is 14.3 Å². The van der Waals surface area contributed by atoms with Crippen molar-refractivity contribution in [2.45, 2.75) is 6.42 Å². The summed E-state index contributed by atoms with van der Waals surface area (Å²) in [5, 5.41) is 0. The molecule has 1 aromatic rings. The topological polar surface area (TPSA) is 66.9 Å². The van der Waals surface area contributed by atoms with Crippen molar-refractivity contribution in [2.75, 3.05) is 31.2 Å². The van der Waals surface area contributed by atoms with Gasteiger partial charge in [0.2, 0.25) is 11.8 Å². The standard InChI is InChI=1S/C22H22N2O4/c25-20(23-6-8-28-9-7-23)12-2-1-3-13(10-12)24-21(26)18-14-4-5-15(17-11-16(14)17)19(18)22(24)27/h1-5,10,14-19H,6-9,11H2/t14-,15+,16-,17-,18+,19-/m1/s1. The minimum absolute atomic E-state index is 0.0790. The van der Waals surface area contributed by atoms with Crippen LogP contribution in [0.25, 0.3) is 0 Å². The molecular formula is C22H22N2O4. The zero-order chi connectivity index (χ0) is 19.0. The maximum atomic E-state index is 13.2. The summed E-state index contributed by atoms with van der Waals surface area (Å²) in [4.78, 5) is 42.4. The molecule has 2 aliphatic heterocycles. The van der Waals surface area contributed by atoms with Crippen LogP contribution < -0.4 is 4.90 Å². The second-order valence-corrected chi connectivity index (χ2v) is 8.62. The fourth-order valence-electron chi connectivity index (χ4n) is 5.94. The molecule has 7 rings (SSSR count). The van der Waals surface area contributed by atoms with Crippen LogP contribution in [0.1, 0.15) is 16.8 Å². The maximum absolute atomic E-state index is 13.2. The quantitative estimate of drug-likeness (QED) is 0.581. The summed E-state index contributed by atoms with van der Waals surface area (Å²) in [5.41, 5.74) is 1.04. The highest BCUT2D eigenvalue weighted by atomic mass is 16.5. The molecule has 28 heavy (non-hydrogen) atoms. The van der Waals surface area contributed by atoms with Crippen LogP contribution in [0.5, 0.6) is 0 Å². The molecule has 6 nitrogen and oxygen atoms in total. The van der Waals surface area contributed by atoms with Crippen LogP contribution in [0.2, 0.25) is 0 Å². The molecule has 6 heteroatoms. The number of ether oxygens (including phenoxy) is 1. The summed E-state index contributed by atoms with van der Waals surface area (Å²) in [7, 11) is 0. The largest absolute Gasteiger partial charge is 0.378 e. The third kappa shape index (κ3) is 2.15. The van der Waals surface area contributed by atoms with Crippen molar-refractivity contribution in [1.82, 2.24) is 4.90 Å². The Hall–Kier alpha value is -2.47. The summed E-state index contributed by atoms with van der Waals surface area (Å²) >= 11 is 0. The number of anilines is 1. The summed E-state index contributed by atoms with van der Waals surface area (Å²) < 4.78 is 5.31. The number of nitrogens with zero attached hydrogens (tertiary/aromatic N) is 2. The van der Waals surface area contributed by atoms with Gasteiger partial charge in [-0.3, -0.25) is 14.4 Å². The second kappa shape index (κ2) is 5.77. The molecule has 2 saturated heterocycles. The highest BCUT2D eigenvalue weighted by molar-refractivity contribution is 6.23. The number of hydrogen-bond acceptors (Lipinski definition) is 4. The van der Waals surface area contributed by atoms with Crippen molar-refractivity contribution in [3.63, 3.8) is 0 Å². The molecule has 0 unspecified atom stereocenters. The number of allylic oxidation sites excluding steroid dienone is 2. The van der Waals surface area contributed by atoms with Gasteiger partial charge in [-0.25, -0.2) is 4.90 Å². The fraction of sp³-hybridized carbons (Fsp3) is 0.500. The Morgan fingerprint density at radius 3 is 2.25 bits per heavy atom. The summed E-state index contributed by atoms with van der Waals surface area (Å²) in [6.45, 7) is 2.20. The van der Waals surface area contributed by atoms with E-state index < -0.39 is 0 Å². The van der Waals surface area contributed by atoms with Crippen molar-refractivity contribution >= 4 is 23.4 Å². The van der Waals surface area contributed by atoms with E-state index in [2.05, 4.69) is 12.2 Å². The summed E-state index contributed by atoms with van der Waals surface area (Å²) in [6, 6.07) is 6.97. The van der Waals surface area contributed by atoms with Crippen LogP contribution in [0.3, 0.4) is 0 Å². The fourth-order valence-corrected chi connectivity index (χ4v) is 5.94. The van der Waals surface area contributed by atoms with Gasteiger partial charge in [0.15, 0.2) is 0 Å². The van der Waals surface area contributed by atoms with Crippen LogP contribution in [0, 0.1) is 35.5 Å². The van der Waals surface area contributed by atoms with Gasteiger partial charge in [0.25, 0.3) is 5.91 Å². The first-order chi connectivity index (χ1) is 13.6. The van der Waals surface area contributed by atoms with E-state index in [-0.39, 0.29) is 41.4 Å². The predicted octanol–water partition coefficient (Wildman–Crippen LogP) is 1.72. The minimum atomic E-state index is -0.218. The Kier molecular flexibility index (Phi) is 3.39. The van der Waals surface area contributed by atoms with Crippen LogP contribution >= 0.6 is 0 Å². The smallest absolute Gasteiger partial charge is 0.254 e. The van der Waals surface area contributed by atoms with E-state index in [0.717, 1.165) is 6.42 Å². The molecular weight excluding hydrogens is 356 g/mol. The lowest BCUT2D eigenvalue weighted by atomic mass is 9.63. The van der Waals surface area contributed by atoms with Crippen molar-refractivity contribution in [1.29, 1.82) is 0 Å². The van der Waals surface area contributed by atoms with Gasteiger partial charge in [-0.15, -0.1) is 0 Å². The average molecular weight is 378 g/mol. The van der Waals surface area contributed by atoms with Crippen molar-refractivity contribution < 1.29 is 19.1 Å². The maximum Gasteiger partial charge on any atom is 0.254 e. The zero-order valence-electron chi connectivity index (χ0n) is 15.5. The summed E-state index contributed by atoms with van der Waals surface area (Å²) in [6.07, 6.45) is 5.50. The number of morpholine rings is 1. The van der Waals surface area contributed by atoms with E-state index in [0.29, 0.717) is 49.4 Å². The van der Waals surface area contributed by atoms with E-state index in [1.165, 1.54) is 4.90 Å². The third-order valence-corrected chi connectivity index (χ3v) is 7.31.